The van der Waals surface area contributed by atoms with E-state index in [1.165, 1.54) is 7.11 Å². The van der Waals surface area contributed by atoms with E-state index in [9.17, 15) is 4.79 Å². The highest BCUT2D eigenvalue weighted by molar-refractivity contribution is 14.1. The van der Waals surface area contributed by atoms with Crippen LogP contribution in [0.2, 0.25) is 5.02 Å². The van der Waals surface area contributed by atoms with E-state index in [1.807, 2.05) is 6.07 Å². The molecule has 88 valence electrons. The zero-order valence-electron chi connectivity index (χ0n) is 8.54. The van der Waals surface area contributed by atoms with Crippen LogP contribution in [0, 0.1) is 3.57 Å². The van der Waals surface area contributed by atoms with Gasteiger partial charge < -0.3 is 15.2 Å². The lowest BCUT2D eigenvalue weighted by Gasteiger charge is -2.15. The van der Waals surface area contributed by atoms with E-state index in [1.54, 1.807) is 12.1 Å². The molecule has 1 unspecified atom stereocenters. The van der Waals surface area contributed by atoms with Gasteiger partial charge in [-0.05, 0) is 40.8 Å². The van der Waals surface area contributed by atoms with Crippen molar-refractivity contribution in [2.24, 2.45) is 0 Å². The minimum absolute atomic E-state index is 0.0810. The number of anilines is 1. The summed E-state index contributed by atoms with van der Waals surface area (Å²) in [6, 6.07) is 4.55. The molecule has 0 aliphatic heterocycles. The van der Waals surface area contributed by atoms with Gasteiger partial charge in [0.05, 0.1) is 17.3 Å². The number of carboxylic acid groups (broad SMARTS) is 1. The van der Waals surface area contributed by atoms with Gasteiger partial charge in [0.15, 0.2) is 0 Å². The summed E-state index contributed by atoms with van der Waals surface area (Å²) in [6.45, 7) is 0.0810. The van der Waals surface area contributed by atoms with Gasteiger partial charge in [0.2, 0.25) is 0 Å². The minimum Gasteiger partial charge on any atom is -0.480 e. The van der Waals surface area contributed by atoms with Crippen molar-refractivity contribution in [2.75, 3.05) is 19.0 Å². The van der Waals surface area contributed by atoms with Gasteiger partial charge >= 0.3 is 5.97 Å². The van der Waals surface area contributed by atoms with Crippen LogP contribution >= 0.6 is 34.2 Å². The summed E-state index contributed by atoms with van der Waals surface area (Å²) in [5, 5.41) is 12.2. The van der Waals surface area contributed by atoms with E-state index in [2.05, 4.69) is 27.9 Å². The van der Waals surface area contributed by atoms with Gasteiger partial charge in [-0.15, -0.1) is 0 Å². The maximum atomic E-state index is 10.9. The lowest BCUT2D eigenvalue weighted by atomic mass is 10.2. The second kappa shape index (κ2) is 6.27. The van der Waals surface area contributed by atoms with Gasteiger partial charge in [-0.25, -0.2) is 4.79 Å². The van der Waals surface area contributed by atoms with E-state index in [-0.39, 0.29) is 6.61 Å². The van der Waals surface area contributed by atoms with Gasteiger partial charge in [0.1, 0.15) is 6.04 Å². The second-order valence-electron chi connectivity index (χ2n) is 3.11. The zero-order valence-corrected chi connectivity index (χ0v) is 11.4. The molecule has 0 bridgehead atoms. The van der Waals surface area contributed by atoms with Gasteiger partial charge in [-0.1, -0.05) is 11.6 Å². The number of carboxylic acids is 1. The van der Waals surface area contributed by atoms with Crippen molar-refractivity contribution >= 4 is 45.8 Å². The Balaban J connectivity index is 2.81. The standard InChI is InChI=1S/C10H11ClINO3/c1-16-5-9(10(14)15)13-8-3-2-6(12)4-7(8)11/h2-4,9,13H,5H2,1H3,(H,14,15). The first kappa shape index (κ1) is 13.5. The molecule has 0 saturated carbocycles. The normalized spacial score (nSPS) is 12.2. The molecule has 0 fully saturated rings. The quantitative estimate of drug-likeness (QED) is 0.797. The Morgan fingerprint density at radius 2 is 2.38 bits per heavy atom. The summed E-state index contributed by atoms with van der Waals surface area (Å²) >= 11 is 8.11. The maximum absolute atomic E-state index is 10.9. The molecule has 6 heteroatoms. The average Bonchev–Trinajstić information content (AvgIpc) is 2.20. The average molecular weight is 356 g/mol. The number of halogens is 2. The van der Waals surface area contributed by atoms with E-state index in [0.717, 1.165) is 3.57 Å². The molecule has 0 amide bonds. The number of hydrogen-bond donors (Lipinski definition) is 2. The fraction of sp³-hybridized carbons (Fsp3) is 0.300. The van der Waals surface area contributed by atoms with Crippen LogP contribution in [0.25, 0.3) is 0 Å². The van der Waals surface area contributed by atoms with Crippen LogP contribution in [-0.4, -0.2) is 30.8 Å². The number of hydrogen-bond acceptors (Lipinski definition) is 3. The Bertz CT molecular complexity index is 386. The predicted molar refractivity (Wildman–Crippen MR) is 71.1 cm³/mol. The summed E-state index contributed by atoms with van der Waals surface area (Å²) in [7, 11) is 1.45. The lowest BCUT2D eigenvalue weighted by molar-refractivity contribution is -0.139. The third kappa shape index (κ3) is 3.80. The van der Waals surface area contributed by atoms with Crippen LogP contribution in [-0.2, 0) is 9.53 Å². The number of benzene rings is 1. The number of ether oxygens (including phenoxy) is 1. The first-order valence-electron chi connectivity index (χ1n) is 4.48. The maximum Gasteiger partial charge on any atom is 0.328 e. The van der Waals surface area contributed by atoms with E-state index >= 15 is 0 Å². The van der Waals surface area contributed by atoms with Crippen molar-refractivity contribution < 1.29 is 14.6 Å². The largest absolute Gasteiger partial charge is 0.480 e. The third-order valence-electron chi connectivity index (χ3n) is 1.89. The van der Waals surface area contributed by atoms with Crippen LogP contribution in [0.3, 0.4) is 0 Å². The van der Waals surface area contributed by atoms with Gasteiger partial charge in [0.25, 0.3) is 0 Å². The minimum atomic E-state index is -0.975. The van der Waals surface area contributed by atoms with Crippen molar-refractivity contribution in [2.45, 2.75) is 6.04 Å². The number of rotatable bonds is 5. The molecule has 1 aromatic carbocycles. The monoisotopic (exact) mass is 355 g/mol. The van der Waals surface area contributed by atoms with Crippen molar-refractivity contribution in [3.05, 3.63) is 26.8 Å². The lowest BCUT2D eigenvalue weighted by Crippen LogP contribution is -2.33. The van der Waals surface area contributed by atoms with Crippen molar-refractivity contribution in [3.63, 3.8) is 0 Å². The molecule has 4 nitrogen and oxygen atoms in total. The SMILES string of the molecule is COCC(Nc1ccc(I)cc1Cl)C(=O)O. The Kier molecular flexibility index (Phi) is 5.30. The molecule has 0 heterocycles. The van der Waals surface area contributed by atoms with Crippen molar-refractivity contribution in [1.29, 1.82) is 0 Å². The number of nitrogens with one attached hydrogen (secondary N) is 1. The molecule has 16 heavy (non-hydrogen) atoms. The number of carbonyl (C=O) groups is 1. The van der Waals surface area contributed by atoms with Gasteiger partial charge in [-0.2, -0.15) is 0 Å². The molecule has 1 atom stereocenters. The smallest absolute Gasteiger partial charge is 0.328 e. The summed E-state index contributed by atoms with van der Waals surface area (Å²) in [4.78, 5) is 10.9. The molecule has 0 aromatic heterocycles. The summed E-state index contributed by atoms with van der Waals surface area (Å²) in [5.74, 6) is -0.975. The number of aliphatic carboxylic acids is 1. The first-order valence-corrected chi connectivity index (χ1v) is 5.93. The van der Waals surface area contributed by atoms with Gasteiger partial charge in [-0.3, -0.25) is 0 Å². The molecule has 0 saturated heterocycles. The fourth-order valence-corrected chi connectivity index (χ4v) is 2.05. The molecular weight excluding hydrogens is 344 g/mol. The Hall–Kier alpha value is -0.530. The second-order valence-corrected chi connectivity index (χ2v) is 4.77. The van der Waals surface area contributed by atoms with Crippen LogP contribution in [0.15, 0.2) is 18.2 Å². The first-order chi connectivity index (χ1) is 7.54. The fourth-order valence-electron chi connectivity index (χ4n) is 1.14. The highest BCUT2D eigenvalue weighted by Gasteiger charge is 2.17. The van der Waals surface area contributed by atoms with Crippen molar-refractivity contribution in [1.82, 2.24) is 0 Å². The summed E-state index contributed by atoms with van der Waals surface area (Å²) in [6.07, 6.45) is 0. The summed E-state index contributed by atoms with van der Waals surface area (Å²) in [5.41, 5.74) is 0.589. The van der Waals surface area contributed by atoms with Crippen LogP contribution < -0.4 is 5.32 Å². The van der Waals surface area contributed by atoms with Crippen LogP contribution in [0.4, 0.5) is 5.69 Å². The van der Waals surface area contributed by atoms with Crippen LogP contribution in [0.1, 0.15) is 0 Å². The van der Waals surface area contributed by atoms with Gasteiger partial charge in [0, 0.05) is 10.7 Å². The van der Waals surface area contributed by atoms with E-state index in [0.29, 0.717) is 10.7 Å². The molecule has 1 aromatic rings. The predicted octanol–water partition coefficient (Wildman–Crippen LogP) is 2.46. The third-order valence-corrected chi connectivity index (χ3v) is 2.88. The molecule has 2 N–H and O–H groups in total. The molecule has 0 spiro atoms. The molecule has 0 radical (unpaired) electrons. The Labute approximate surface area is 112 Å². The highest BCUT2D eigenvalue weighted by Crippen LogP contribution is 2.24. The molecule has 0 aliphatic rings. The van der Waals surface area contributed by atoms with E-state index < -0.39 is 12.0 Å². The summed E-state index contributed by atoms with van der Waals surface area (Å²) < 4.78 is 5.81. The molecule has 1 rings (SSSR count). The van der Waals surface area contributed by atoms with Crippen LogP contribution in [0.5, 0.6) is 0 Å². The highest BCUT2D eigenvalue weighted by atomic mass is 127. The number of methoxy groups -OCH3 is 1. The zero-order chi connectivity index (χ0) is 12.1. The Morgan fingerprint density at radius 1 is 1.69 bits per heavy atom. The molecular formula is C10H11ClINO3. The topological polar surface area (TPSA) is 58.6 Å². The molecule has 0 aliphatic carbocycles. The van der Waals surface area contributed by atoms with Crippen molar-refractivity contribution in [3.8, 4) is 0 Å². The Morgan fingerprint density at radius 3 is 2.88 bits per heavy atom. The van der Waals surface area contributed by atoms with E-state index in [4.69, 9.17) is 21.4 Å².